The highest BCUT2D eigenvalue weighted by atomic mass is 79.9. The SMILES string of the molecule is C=CC1CC(=O)N(c2ccc(Cl)cc2Br)C1. The smallest absolute Gasteiger partial charge is 0.227 e. The number of carbonyl (C=O) groups excluding carboxylic acids is 1. The maximum absolute atomic E-state index is 11.8. The van der Waals surface area contributed by atoms with Crippen LogP contribution in [0, 0.1) is 5.92 Å². The fourth-order valence-corrected chi connectivity index (χ4v) is 2.72. The van der Waals surface area contributed by atoms with E-state index in [1.807, 2.05) is 12.1 Å². The van der Waals surface area contributed by atoms with Crippen molar-refractivity contribution in [1.82, 2.24) is 0 Å². The summed E-state index contributed by atoms with van der Waals surface area (Å²) in [5.74, 6) is 0.378. The van der Waals surface area contributed by atoms with Crippen LogP contribution >= 0.6 is 27.5 Å². The summed E-state index contributed by atoms with van der Waals surface area (Å²) >= 11 is 9.29. The van der Waals surface area contributed by atoms with E-state index in [1.54, 1.807) is 17.0 Å². The highest BCUT2D eigenvalue weighted by Crippen LogP contribution is 2.33. The zero-order valence-electron chi connectivity index (χ0n) is 8.62. The van der Waals surface area contributed by atoms with Gasteiger partial charge in [-0.2, -0.15) is 0 Å². The van der Waals surface area contributed by atoms with Crippen molar-refractivity contribution < 1.29 is 4.79 Å². The van der Waals surface area contributed by atoms with Crippen LogP contribution in [0.25, 0.3) is 0 Å². The Morgan fingerprint density at radius 3 is 2.88 bits per heavy atom. The van der Waals surface area contributed by atoms with Crippen molar-refractivity contribution >= 4 is 39.1 Å². The van der Waals surface area contributed by atoms with Gasteiger partial charge in [0.05, 0.1) is 5.69 Å². The first-order chi connectivity index (χ1) is 7.61. The van der Waals surface area contributed by atoms with Crippen molar-refractivity contribution in [3.05, 3.63) is 40.3 Å². The number of rotatable bonds is 2. The molecule has 0 bridgehead atoms. The van der Waals surface area contributed by atoms with Gasteiger partial charge in [-0.05, 0) is 34.1 Å². The summed E-state index contributed by atoms with van der Waals surface area (Å²) in [4.78, 5) is 13.6. The van der Waals surface area contributed by atoms with Gasteiger partial charge in [-0.3, -0.25) is 4.79 Å². The van der Waals surface area contributed by atoms with Gasteiger partial charge in [0.2, 0.25) is 5.91 Å². The third kappa shape index (κ3) is 2.15. The first-order valence-electron chi connectivity index (χ1n) is 5.00. The monoisotopic (exact) mass is 299 g/mol. The maximum atomic E-state index is 11.8. The fourth-order valence-electron chi connectivity index (χ4n) is 1.83. The zero-order valence-corrected chi connectivity index (χ0v) is 11.0. The molecule has 0 radical (unpaired) electrons. The predicted molar refractivity (Wildman–Crippen MR) is 69.8 cm³/mol. The average molecular weight is 301 g/mol. The van der Waals surface area contributed by atoms with E-state index in [1.165, 1.54) is 0 Å². The molecule has 2 nitrogen and oxygen atoms in total. The number of hydrogen-bond acceptors (Lipinski definition) is 1. The summed E-state index contributed by atoms with van der Waals surface area (Å²) in [5.41, 5.74) is 0.874. The Morgan fingerprint density at radius 1 is 1.56 bits per heavy atom. The van der Waals surface area contributed by atoms with Crippen LogP contribution < -0.4 is 4.90 Å². The Kier molecular flexibility index (Phi) is 3.36. The Bertz CT molecular complexity index is 447. The van der Waals surface area contributed by atoms with E-state index in [4.69, 9.17) is 11.6 Å². The Morgan fingerprint density at radius 2 is 2.31 bits per heavy atom. The first-order valence-corrected chi connectivity index (χ1v) is 6.17. The van der Waals surface area contributed by atoms with Crippen molar-refractivity contribution in [3.63, 3.8) is 0 Å². The topological polar surface area (TPSA) is 20.3 Å². The highest BCUT2D eigenvalue weighted by molar-refractivity contribution is 9.10. The number of amides is 1. The summed E-state index contributed by atoms with van der Waals surface area (Å²) in [6.07, 6.45) is 2.38. The number of halogens is 2. The minimum Gasteiger partial charge on any atom is -0.311 e. The van der Waals surface area contributed by atoms with Gasteiger partial charge < -0.3 is 4.90 Å². The minimum absolute atomic E-state index is 0.132. The van der Waals surface area contributed by atoms with E-state index in [-0.39, 0.29) is 11.8 Å². The second-order valence-electron chi connectivity index (χ2n) is 3.80. The van der Waals surface area contributed by atoms with Gasteiger partial charge in [0.1, 0.15) is 0 Å². The molecule has 84 valence electrons. The largest absolute Gasteiger partial charge is 0.311 e. The van der Waals surface area contributed by atoms with E-state index < -0.39 is 0 Å². The van der Waals surface area contributed by atoms with Gasteiger partial charge >= 0.3 is 0 Å². The second-order valence-corrected chi connectivity index (χ2v) is 5.09. The zero-order chi connectivity index (χ0) is 11.7. The Balaban J connectivity index is 2.31. The number of anilines is 1. The normalized spacial score (nSPS) is 20.2. The number of hydrogen-bond donors (Lipinski definition) is 0. The third-order valence-corrected chi connectivity index (χ3v) is 3.56. The maximum Gasteiger partial charge on any atom is 0.227 e. The van der Waals surface area contributed by atoms with Gasteiger partial charge in [0, 0.05) is 28.4 Å². The lowest BCUT2D eigenvalue weighted by Crippen LogP contribution is -2.24. The summed E-state index contributed by atoms with van der Waals surface area (Å²) in [5, 5.41) is 0.655. The first kappa shape index (κ1) is 11.7. The minimum atomic E-state index is 0.132. The molecule has 1 saturated heterocycles. The standard InChI is InChI=1S/C12H11BrClNO/c1-2-8-5-12(16)15(7-8)11-4-3-9(14)6-10(11)13/h2-4,6,8H,1,5,7H2. The molecule has 0 spiro atoms. The molecule has 16 heavy (non-hydrogen) atoms. The second kappa shape index (κ2) is 4.60. The van der Waals surface area contributed by atoms with E-state index in [0.29, 0.717) is 18.0 Å². The van der Waals surface area contributed by atoms with Crippen LogP contribution in [0.4, 0.5) is 5.69 Å². The Hall–Kier alpha value is -0.800. The Labute approximate surface area is 108 Å². The molecule has 1 aliphatic rings. The lowest BCUT2D eigenvalue weighted by Gasteiger charge is -2.18. The molecule has 1 amide bonds. The van der Waals surface area contributed by atoms with Crippen molar-refractivity contribution in [2.24, 2.45) is 5.92 Å². The van der Waals surface area contributed by atoms with Crippen LogP contribution in [0.5, 0.6) is 0 Å². The quantitative estimate of drug-likeness (QED) is 0.764. The molecular formula is C12H11BrClNO. The van der Waals surface area contributed by atoms with Crippen molar-refractivity contribution in [2.75, 3.05) is 11.4 Å². The lowest BCUT2D eigenvalue weighted by atomic mass is 10.1. The van der Waals surface area contributed by atoms with Crippen LogP contribution in [0.15, 0.2) is 35.3 Å². The molecule has 1 heterocycles. The summed E-state index contributed by atoms with van der Waals surface area (Å²) in [7, 11) is 0. The number of benzene rings is 1. The van der Waals surface area contributed by atoms with E-state index in [2.05, 4.69) is 22.5 Å². The molecule has 1 unspecified atom stereocenters. The van der Waals surface area contributed by atoms with Gasteiger partial charge in [-0.15, -0.1) is 6.58 Å². The van der Waals surface area contributed by atoms with Crippen molar-refractivity contribution in [1.29, 1.82) is 0 Å². The van der Waals surface area contributed by atoms with Crippen molar-refractivity contribution in [3.8, 4) is 0 Å². The molecule has 1 aromatic carbocycles. The van der Waals surface area contributed by atoms with Gasteiger partial charge in [-0.25, -0.2) is 0 Å². The number of nitrogens with zero attached hydrogens (tertiary/aromatic N) is 1. The fraction of sp³-hybridized carbons (Fsp3) is 0.250. The average Bonchev–Trinajstić information content (AvgIpc) is 2.60. The third-order valence-electron chi connectivity index (χ3n) is 2.69. The molecular weight excluding hydrogens is 289 g/mol. The van der Waals surface area contributed by atoms with E-state index in [0.717, 1.165) is 10.2 Å². The van der Waals surface area contributed by atoms with E-state index >= 15 is 0 Å². The van der Waals surface area contributed by atoms with Crippen LogP contribution in [0.3, 0.4) is 0 Å². The van der Waals surface area contributed by atoms with Crippen LogP contribution in [0.2, 0.25) is 5.02 Å². The van der Waals surface area contributed by atoms with Crippen LogP contribution in [-0.4, -0.2) is 12.5 Å². The summed E-state index contributed by atoms with van der Waals surface area (Å²) < 4.78 is 0.845. The molecule has 4 heteroatoms. The molecule has 0 saturated carbocycles. The van der Waals surface area contributed by atoms with Gasteiger partial charge in [-0.1, -0.05) is 17.7 Å². The van der Waals surface area contributed by atoms with Crippen LogP contribution in [-0.2, 0) is 4.79 Å². The highest BCUT2D eigenvalue weighted by Gasteiger charge is 2.29. The predicted octanol–water partition coefficient (Wildman–Crippen LogP) is 3.64. The van der Waals surface area contributed by atoms with Gasteiger partial charge in [0.15, 0.2) is 0 Å². The summed E-state index contributed by atoms with van der Waals surface area (Å²) in [6, 6.07) is 5.44. The molecule has 1 aromatic rings. The van der Waals surface area contributed by atoms with Crippen LogP contribution in [0.1, 0.15) is 6.42 Å². The molecule has 1 atom stereocenters. The lowest BCUT2D eigenvalue weighted by molar-refractivity contribution is -0.117. The molecule has 1 fully saturated rings. The van der Waals surface area contributed by atoms with Crippen molar-refractivity contribution in [2.45, 2.75) is 6.42 Å². The number of carbonyl (C=O) groups is 1. The molecule has 0 aromatic heterocycles. The molecule has 1 aliphatic heterocycles. The molecule has 2 rings (SSSR count). The summed E-state index contributed by atoms with van der Waals surface area (Å²) in [6.45, 7) is 4.43. The molecule has 0 N–H and O–H groups in total. The molecule has 0 aliphatic carbocycles. The van der Waals surface area contributed by atoms with E-state index in [9.17, 15) is 4.79 Å². The van der Waals surface area contributed by atoms with Gasteiger partial charge in [0.25, 0.3) is 0 Å².